The van der Waals surface area contributed by atoms with Crippen molar-refractivity contribution in [2.45, 2.75) is 6.92 Å². The molecule has 3 rings (SSSR count). The summed E-state index contributed by atoms with van der Waals surface area (Å²) in [5, 5.41) is 3.98. The Balaban J connectivity index is 1.76. The molecule has 1 aromatic heterocycles. The normalized spacial score (nSPS) is 10.9. The average molecular weight is 322 g/mol. The average Bonchev–Trinajstić information content (AvgIpc) is 3.07. The molecule has 120 valence electrons. The van der Waals surface area contributed by atoms with E-state index in [4.69, 9.17) is 0 Å². The van der Waals surface area contributed by atoms with Crippen molar-refractivity contribution in [2.24, 2.45) is 5.10 Å². The first-order chi connectivity index (χ1) is 11.6. The molecule has 0 saturated heterocycles. The third-order valence-electron chi connectivity index (χ3n) is 3.53. The monoisotopic (exact) mass is 322 g/mol. The van der Waals surface area contributed by atoms with Crippen LogP contribution in [0.2, 0.25) is 0 Å². The number of imidazole rings is 1. The van der Waals surface area contributed by atoms with E-state index in [2.05, 4.69) is 15.5 Å². The molecule has 5 nitrogen and oxygen atoms in total. The van der Waals surface area contributed by atoms with Crippen molar-refractivity contribution in [3.8, 4) is 5.69 Å². The van der Waals surface area contributed by atoms with Crippen LogP contribution >= 0.6 is 0 Å². The summed E-state index contributed by atoms with van der Waals surface area (Å²) in [6.07, 6.45) is 4.51. The lowest BCUT2D eigenvalue weighted by Gasteiger charge is -2.06. The van der Waals surface area contributed by atoms with Crippen LogP contribution < -0.4 is 5.43 Å². The van der Waals surface area contributed by atoms with Crippen LogP contribution in [0, 0.1) is 12.7 Å². The van der Waals surface area contributed by atoms with E-state index >= 15 is 0 Å². The molecule has 0 unspecified atom stereocenters. The highest BCUT2D eigenvalue weighted by molar-refractivity contribution is 5.93. The molecule has 0 aliphatic carbocycles. The molecule has 1 N–H and O–H groups in total. The van der Waals surface area contributed by atoms with Crippen LogP contribution in [-0.2, 0) is 0 Å². The number of aryl methyl sites for hydroxylation is 1. The Hall–Kier alpha value is -3.28. The third-order valence-corrected chi connectivity index (χ3v) is 3.53. The Morgan fingerprint density at radius 2 is 1.96 bits per heavy atom. The molecule has 0 bridgehead atoms. The van der Waals surface area contributed by atoms with Gasteiger partial charge in [-0.25, -0.2) is 14.8 Å². The van der Waals surface area contributed by atoms with E-state index < -0.39 is 5.91 Å². The van der Waals surface area contributed by atoms with E-state index in [-0.39, 0.29) is 5.82 Å². The second-order valence-corrected chi connectivity index (χ2v) is 5.18. The number of nitrogens with zero attached hydrogens (tertiary/aromatic N) is 3. The van der Waals surface area contributed by atoms with Crippen molar-refractivity contribution in [1.82, 2.24) is 15.0 Å². The fourth-order valence-corrected chi connectivity index (χ4v) is 2.22. The molecule has 0 fully saturated rings. The molecule has 0 aliphatic rings. The van der Waals surface area contributed by atoms with Crippen molar-refractivity contribution >= 4 is 12.1 Å². The molecule has 0 spiro atoms. The first-order valence-corrected chi connectivity index (χ1v) is 7.32. The molecular weight excluding hydrogens is 307 g/mol. The number of benzene rings is 2. The summed E-state index contributed by atoms with van der Waals surface area (Å²) in [4.78, 5) is 16.3. The molecule has 2 aromatic carbocycles. The minimum Gasteiger partial charge on any atom is -0.295 e. The lowest BCUT2D eigenvalue weighted by Crippen LogP contribution is -2.20. The molecule has 6 heteroatoms. The Kier molecular flexibility index (Phi) is 4.47. The van der Waals surface area contributed by atoms with E-state index in [1.165, 1.54) is 24.7 Å². The molecule has 24 heavy (non-hydrogen) atoms. The summed E-state index contributed by atoms with van der Waals surface area (Å²) in [5.41, 5.74) is 5.41. The van der Waals surface area contributed by atoms with E-state index in [9.17, 15) is 9.18 Å². The highest BCUT2D eigenvalue weighted by atomic mass is 19.1. The van der Waals surface area contributed by atoms with Gasteiger partial charge in [0.05, 0.1) is 18.7 Å². The largest absolute Gasteiger partial charge is 0.295 e. The van der Waals surface area contributed by atoms with Crippen molar-refractivity contribution in [1.29, 1.82) is 0 Å². The van der Waals surface area contributed by atoms with Gasteiger partial charge in [-0.05, 0) is 42.3 Å². The Bertz CT molecular complexity index is 884. The maximum absolute atomic E-state index is 13.0. The van der Waals surface area contributed by atoms with Crippen LogP contribution in [-0.4, -0.2) is 21.7 Å². The zero-order chi connectivity index (χ0) is 16.9. The minimum atomic E-state index is -0.401. The Morgan fingerprint density at radius 1 is 1.21 bits per heavy atom. The number of aromatic nitrogens is 2. The predicted octanol–water partition coefficient (Wildman–Crippen LogP) is 3.08. The number of hydrogen-bond donors (Lipinski definition) is 1. The summed E-state index contributed by atoms with van der Waals surface area (Å²) >= 11 is 0. The van der Waals surface area contributed by atoms with Gasteiger partial charge in [-0.2, -0.15) is 5.10 Å². The summed E-state index contributed by atoms with van der Waals surface area (Å²) in [6.45, 7) is 1.97. The standard InChI is InChI=1S/C18H15FN4O/c1-13-4-2-3-5-14(13)10-21-22-18(24)17-11-20-12-23(17)16-8-6-15(19)7-9-16/h2-12H,1H3,(H,22,24)/b21-10+. The van der Waals surface area contributed by atoms with Crippen molar-refractivity contribution in [3.05, 3.63) is 83.7 Å². The fourth-order valence-electron chi connectivity index (χ4n) is 2.22. The highest BCUT2D eigenvalue weighted by Crippen LogP contribution is 2.12. The van der Waals surface area contributed by atoms with Gasteiger partial charge in [0.1, 0.15) is 11.5 Å². The molecule has 0 saturated carbocycles. The third kappa shape index (κ3) is 3.38. The number of halogens is 1. The van der Waals surface area contributed by atoms with Gasteiger partial charge < -0.3 is 0 Å². The van der Waals surface area contributed by atoms with Gasteiger partial charge >= 0.3 is 0 Å². The number of carbonyl (C=O) groups is 1. The molecule has 0 aliphatic heterocycles. The number of carbonyl (C=O) groups excluding carboxylic acids is 1. The number of amides is 1. The predicted molar refractivity (Wildman–Crippen MR) is 89.8 cm³/mol. The molecular formula is C18H15FN4O. The van der Waals surface area contributed by atoms with Crippen LogP contribution in [0.3, 0.4) is 0 Å². The van der Waals surface area contributed by atoms with Crippen molar-refractivity contribution in [2.75, 3.05) is 0 Å². The summed E-state index contributed by atoms with van der Waals surface area (Å²) in [5.74, 6) is -0.741. The van der Waals surface area contributed by atoms with E-state index in [0.29, 0.717) is 11.4 Å². The molecule has 0 radical (unpaired) electrons. The van der Waals surface area contributed by atoms with Crippen molar-refractivity contribution < 1.29 is 9.18 Å². The van der Waals surface area contributed by atoms with Crippen LogP contribution in [0.1, 0.15) is 21.6 Å². The van der Waals surface area contributed by atoms with E-state index in [0.717, 1.165) is 11.1 Å². The van der Waals surface area contributed by atoms with Crippen LogP contribution in [0.4, 0.5) is 4.39 Å². The number of nitrogens with one attached hydrogen (secondary N) is 1. The van der Waals surface area contributed by atoms with E-state index in [1.807, 2.05) is 31.2 Å². The smallest absolute Gasteiger partial charge is 0.289 e. The fraction of sp³-hybridized carbons (Fsp3) is 0.0556. The summed E-state index contributed by atoms with van der Waals surface area (Å²) < 4.78 is 14.6. The zero-order valence-electron chi connectivity index (χ0n) is 13.0. The minimum absolute atomic E-state index is 0.309. The van der Waals surface area contributed by atoms with Gasteiger partial charge in [0.25, 0.3) is 5.91 Å². The van der Waals surface area contributed by atoms with Gasteiger partial charge in [-0.15, -0.1) is 0 Å². The van der Waals surface area contributed by atoms with Gasteiger partial charge in [-0.1, -0.05) is 24.3 Å². The molecule has 1 heterocycles. The second kappa shape index (κ2) is 6.87. The zero-order valence-corrected chi connectivity index (χ0v) is 13.0. The van der Waals surface area contributed by atoms with Gasteiger partial charge in [-0.3, -0.25) is 9.36 Å². The van der Waals surface area contributed by atoms with Crippen molar-refractivity contribution in [3.63, 3.8) is 0 Å². The number of hydrazone groups is 1. The Morgan fingerprint density at radius 3 is 2.71 bits per heavy atom. The van der Waals surface area contributed by atoms with Crippen LogP contribution in [0.25, 0.3) is 5.69 Å². The second-order valence-electron chi connectivity index (χ2n) is 5.18. The van der Waals surface area contributed by atoms with E-state index in [1.54, 1.807) is 22.9 Å². The molecule has 1 amide bonds. The lowest BCUT2D eigenvalue weighted by atomic mass is 10.1. The highest BCUT2D eigenvalue weighted by Gasteiger charge is 2.12. The summed E-state index contributed by atoms with van der Waals surface area (Å²) in [7, 11) is 0. The number of hydrogen-bond acceptors (Lipinski definition) is 3. The topological polar surface area (TPSA) is 59.3 Å². The molecule has 3 aromatic rings. The van der Waals surface area contributed by atoms with Gasteiger partial charge in [0.15, 0.2) is 0 Å². The van der Waals surface area contributed by atoms with Crippen LogP contribution in [0.15, 0.2) is 66.2 Å². The van der Waals surface area contributed by atoms with Crippen LogP contribution in [0.5, 0.6) is 0 Å². The quantitative estimate of drug-likeness (QED) is 0.593. The molecule has 0 atom stereocenters. The first-order valence-electron chi connectivity index (χ1n) is 7.32. The lowest BCUT2D eigenvalue weighted by molar-refractivity contribution is 0.0948. The number of rotatable bonds is 4. The Labute approximate surface area is 138 Å². The maximum Gasteiger partial charge on any atom is 0.289 e. The van der Waals surface area contributed by atoms with Gasteiger partial charge in [0.2, 0.25) is 0 Å². The maximum atomic E-state index is 13.0. The first kappa shape index (κ1) is 15.6. The summed E-state index contributed by atoms with van der Waals surface area (Å²) in [6, 6.07) is 13.5. The van der Waals surface area contributed by atoms with Gasteiger partial charge in [0, 0.05) is 5.69 Å². The SMILES string of the molecule is Cc1ccccc1/C=N/NC(=O)c1cncn1-c1ccc(F)cc1.